The quantitative estimate of drug-likeness (QED) is 0.494. The molecule has 0 nitrogen and oxygen atoms in total. The van der Waals surface area contributed by atoms with Crippen LogP contribution in [0.1, 0.15) is 20.8 Å². The zero-order valence-electron chi connectivity index (χ0n) is 5.89. The van der Waals surface area contributed by atoms with Crippen LogP contribution in [0.15, 0.2) is 21.5 Å². The van der Waals surface area contributed by atoms with Crippen molar-refractivity contribution in [1.29, 1.82) is 0 Å². The van der Waals surface area contributed by atoms with Crippen molar-refractivity contribution in [3.63, 3.8) is 0 Å². The van der Waals surface area contributed by atoms with Crippen LogP contribution in [0.2, 0.25) is 0 Å². The van der Waals surface area contributed by atoms with Crippen molar-refractivity contribution in [2.45, 2.75) is 20.8 Å². The van der Waals surface area contributed by atoms with Gasteiger partial charge in [0.2, 0.25) is 0 Å². The lowest BCUT2D eigenvalue weighted by molar-refractivity contribution is 1.43. The maximum absolute atomic E-state index is 2.18. The number of hydrogen-bond acceptors (Lipinski definition) is 2. The van der Waals surface area contributed by atoms with Gasteiger partial charge in [0.1, 0.15) is 0 Å². The van der Waals surface area contributed by atoms with Gasteiger partial charge in [-0.1, -0.05) is 27.7 Å². The third-order valence-electron chi connectivity index (χ3n) is 1.42. The molecule has 0 spiro atoms. The van der Waals surface area contributed by atoms with Crippen molar-refractivity contribution in [2.24, 2.45) is 0 Å². The molecule has 2 heteroatoms. The molecule has 0 aromatic heterocycles. The highest BCUT2D eigenvalue weighted by Crippen LogP contribution is 2.48. The van der Waals surface area contributed by atoms with Crippen molar-refractivity contribution in [3.05, 3.63) is 21.5 Å². The SMILES string of the molecule is C/C=C1\SSC(C)=C1C. The molecule has 1 aliphatic rings. The van der Waals surface area contributed by atoms with Crippen LogP contribution < -0.4 is 0 Å². The molecule has 1 aliphatic heterocycles. The molecule has 0 atom stereocenters. The first-order valence-electron chi connectivity index (χ1n) is 2.94. The van der Waals surface area contributed by atoms with E-state index >= 15 is 0 Å². The minimum absolute atomic E-state index is 1.43. The number of hydrogen-bond donors (Lipinski definition) is 0. The summed E-state index contributed by atoms with van der Waals surface area (Å²) in [4.78, 5) is 2.88. The van der Waals surface area contributed by atoms with E-state index in [9.17, 15) is 0 Å². The maximum Gasteiger partial charge on any atom is 0.0180 e. The Balaban J connectivity index is 2.88. The van der Waals surface area contributed by atoms with Gasteiger partial charge < -0.3 is 0 Å². The lowest BCUT2D eigenvalue weighted by Gasteiger charge is -1.91. The van der Waals surface area contributed by atoms with E-state index in [1.165, 1.54) is 15.4 Å². The van der Waals surface area contributed by atoms with Gasteiger partial charge in [-0.15, -0.1) is 0 Å². The molecule has 0 bridgehead atoms. The summed E-state index contributed by atoms with van der Waals surface area (Å²) >= 11 is 0. The summed E-state index contributed by atoms with van der Waals surface area (Å²) < 4.78 is 0. The molecule has 0 aliphatic carbocycles. The molecule has 0 saturated heterocycles. The zero-order valence-corrected chi connectivity index (χ0v) is 7.53. The van der Waals surface area contributed by atoms with Crippen LogP contribution in [-0.4, -0.2) is 0 Å². The molecule has 1 rings (SSSR count). The van der Waals surface area contributed by atoms with E-state index in [-0.39, 0.29) is 0 Å². The predicted octanol–water partition coefficient (Wildman–Crippen LogP) is 3.58. The first-order chi connectivity index (χ1) is 4.25. The van der Waals surface area contributed by atoms with Crippen LogP contribution in [-0.2, 0) is 0 Å². The van der Waals surface area contributed by atoms with E-state index in [4.69, 9.17) is 0 Å². The van der Waals surface area contributed by atoms with Crippen LogP contribution in [0.4, 0.5) is 0 Å². The average molecular weight is 158 g/mol. The van der Waals surface area contributed by atoms with Gasteiger partial charge in [-0.3, -0.25) is 0 Å². The lowest BCUT2D eigenvalue weighted by Crippen LogP contribution is -1.71. The third kappa shape index (κ3) is 1.36. The molecule has 0 radical (unpaired) electrons. The van der Waals surface area contributed by atoms with Gasteiger partial charge in [0.15, 0.2) is 0 Å². The predicted molar refractivity (Wildman–Crippen MR) is 47.3 cm³/mol. The molecule has 9 heavy (non-hydrogen) atoms. The standard InChI is InChI=1S/C7H10S2/c1-4-7-5(2)6(3)8-9-7/h4H,1-3H3/b7-4-. The van der Waals surface area contributed by atoms with E-state index in [0.29, 0.717) is 0 Å². The van der Waals surface area contributed by atoms with Crippen LogP contribution in [0.25, 0.3) is 0 Å². The van der Waals surface area contributed by atoms with Crippen molar-refractivity contribution in [1.82, 2.24) is 0 Å². The molecule has 0 amide bonds. The van der Waals surface area contributed by atoms with Gasteiger partial charge in [-0.05, 0) is 31.2 Å². The molecular weight excluding hydrogens is 148 g/mol. The smallest absolute Gasteiger partial charge is 0.0180 e. The monoisotopic (exact) mass is 158 g/mol. The summed E-state index contributed by atoms with van der Waals surface area (Å²) in [7, 11) is 3.73. The third-order valence-corrected chi connectivity index (χ3v) is 4.32. The minimum Gasteiger partial charge on any atom is -0.0728 e. The highest BCUT2D eigenvalue weighted by atomic mass is 33.1. The number of rotatable bonds is 0. The zero-order chi connectivity index (χ0) is 6.85. The Morgan fingerprint density at radius 2 is 1.89 bits per heavy atom. The second kappa shape index (κ2) is 2.84. The Hall–Kier alpha value is 0.180. The van der Waals surface area contributed by atoms with Gasteiger partial charge in [-0.2, -0.15) is 0 Å². The summed E-state index contributed by atoms with van der Waals surface area (Å²) in [5, 5.41) is 0. The number of allylic oxidation sites excluding steroid dienone is 3. The van der Waals surface area contributed by atoms with Crippen molar-refractivity contribution < 1.29 is 0 Å². The van der Waals surface area contributed by atoms with Gasteiger partial charge >= 0.3 is 0 Å². The second-order valence-electron chi connectivity index (χ2n) is 2.00. The van der Waals surface area contributed by atoms with E-state index < -0.39 is 0 Å². The van der Waals surface area contributed by atoms with Crippen LogP contribution in [0, 0.1) is 0 Å². The summed E-state index contributed by atoms with van der Waals surface area (Å²) in [5.74, 6) is 0. The molecular formula is C7H10S2. The van der Waals surface area contributed by atoms with Crippen molar-refractivity contribution >= 4 is 21.6 Å². The van der Waals surface area contributed by atoms with E-state index in [2.05, 4.69) is 26.8 Å². The van der Waals surface area contributed by atoms with Crippen LogP contribution >= 0.6 is 21.6 Å². The molecule has 0 aromatic rings. The fraction of sp³-hybridized carbons (Fsp3) is 0.429. The summed E-state index contributed by atoms with van der Waals surface area (Å²) in [6.45, 7) is 6.44. The summed E-state index contributed by atoms with van der Waals surface area (Å²) in [5.41, 5.74) is 1.45. The Morgan fingerprint density at radius 1 is 1.22 bits per heavy atom. The Kier molecular flexibility index (Phi) is 2.30. The Labute approximate surface area is 64.2 Å². The topological polar surface area (TPSA) is 0 Å². The highest BCUT2D eigenvalue weighted by molar-refractivity contribution is 8.80. The van der Waals surface area contributed by atoms with E-state index in [1.807, 2.05) is 21.6 Å². The highest BCUT2D eigenvalue weighted by Gasteiger charge is 2.12. The summed E-state index contributed by atoms with van der Waals surface area (Å²) in [6, 6.07) is 0. The lowest BCUT2D eigenvalue weighted by atomic mass is 10.2. The van der Waals surface area contributed by atoms with Gasteiger partial charge in [0.05, 0.1) is 0 Å². The average Bonchev–Trinajstić information content (AvgIpc) is 2.15. The first-order valence-corrected chi connectivity index (χ1v) is 5.09. The van der Waals surface area contributed by atoms with Gasteiger partial charge in [0, 0.05) is 4.91 Å². The molecule has 0 unspecified atom stereocenters. The normalized spacial score (nSPS) is 24.1. The molecule has 0 N–H and O–H groups in total. The van der Waals surface area contributed by atoms with E-state index in [0.717, 1.165) is 0 Å². The largest absolute Gasteiger partial charge is 0.0728 e. The molecule has 0 fully saturated rings. The van der Waals surface area contributed by atoms with E-state index in [1.54, 1.807) is 0 Å². The van der Waals surface area contributed by atoms with Gasteiger partial charge in [0.25, 0.3) is 0 Å². The van der Waals surface area contributed by atoms with Gasteiger partial charge in [-0.25, -0.2) is 0 Å². The minimum atomic E-state index is 1.43. The van der Waals surface area contributed by atoms with Crippen LogP contribution in [0.3, 0.4) is 0 Å². The Morgan fingerprint density at radius 3 is 2.11 bits per heavy atom. The first kappa shape index (κ1) is 7.29. The molecule has 1 heterocycles. The maximum atomic E-state index is 2.18. The fourth-order valence-electron chi connectivity index (χ4n) is 0.671. The fourth-order valence-corrected chi connectivity index (χ4v) is 3.24. The molecule has 50 valence electrons. The Bertz CT molecular complexity index is 177. The van der Waals surface area contributed by atoms with Crippen LogP contribution in [0.5, 0.6) is 0 Å². The van der Waals surface area contributed by atoms with Crippen molar-refractivity contribution in [2.75, 3.05) is 0 Å². The molecule has 0 saturated carbocycles. The van der Waals surface area contributed by atoms with Crippen molar-refractivity contribution in [3.8, 4) is 0 Å². The summed E-state index contributed by atoms with van der Waals surface area (Å²) in [6.07, 6.45) is 2.17. The molecule has 0 aromatic carbocycles. The second-order valence-corrected chi connectivity index (χ2v) is 4.39.